The van der Waals surface area contributed by atoms with Crippen LogP contribution in [0.25, 0.3) is 11.5 Å². The summed E-state index contributed by atoms with van der Waals surface area (Å²) in [6, 6.07) is 14.3. The number of hydrogen-bond donors (Lipinski definition) is 0. The Labute approximate surface area is 130 Å². The first kappa shape index (κ1) is 14.5. The van der Waals surface area contributed by atoms with Crippen LogP contribution in [0.15, 0.2) is 65.5 Å². The van der Waals surface area contributed by atoms with Gasteiger partial charge >= 0.3 is 0 Å². The van der Waals surface area contributed by atoms with Crippen molar-refractivity contribution >= 4 is 0 Å². The summed E-state index contributed by atoms with van der Waals surface area (Å²) in [6.45, 7) is 2.89. The zero-order chi connectivity index (χ0) is 15.4. The molecule has 0 amide bonds. The molecule has 3 aromatic rings. The van der Waals surface area contributed by atoms with E-state index in [2.05, 4.69) is 34.9 Å². The van der Waals surface area contributed by atoms with Crippen molar-refractivity contribution in [2.45, 2.75) is 19.5 Å². The largest absolute Gasteiger partial charge is 0.444 e. The van der Waals surface area contributed by atoms with Crippen molar-refractivity contribution < 1.29 is 4.42 Å². The molecule has 1 aromatic carbocycles. The number of oxazole rings is 1. The lowest BCUT2D eigenvalue weighted by Crippen LogP contribution is -2.22. The molecular formula is C18H19N3O. The van der Waals surface area contributed by atoms with Crippen LogP contribution in [0.3, 0.4) is 0 Å². The standard InChI is InChI=1S/C18H19N3O/c1-14(16-9-6-10-19-11-16)21(2)12-17-13-22-18(20-17)15-7-4-3-5-8-15/h3-11,13-14H,12H2,1-2H3/t14-/m1/s1. The maximum absolute atomic E-state index is 5.59. The van der Waals surface area contributed by atoms with E-state index in [1.165, 1.54) is 5.56 Å². The SMILES string of the molecule is C[C@H](c1cccnc1)N(C)Cc1coc(-c2ccccc2)n1. The van der Waals surface area contributed by atoms with Gasteiger partial charge in [0.15, 0.2) is 0 Å². The molecule has 0 fully saturated rings. The van der Waals surface area contributed by atoms with E-state index in [0.717, 1.165) is 17.8 Å². The predicted octanol–water partition coefficient (Wildman–Crippen LogP) is 3.93. The monoisotopic (exact) mass is 293 g/mol. The molecule has 2 heterocycles. The van der Waals surface area contributed by atoms with Gasteiger partial charge in [-0.15, -0.1) is 0 Å². The third-order valence-electron chi connectivity index (χ3n) is 3.81. The van der Waals surface area contributed by atoms with Gasteiger partial charge in [0.25, 0.3) is 0 Å². The molecule has 0 bridgehead atoms. The van der Waals surface area contributed by atoms with Crippen molar-refractivity contribution in [3.05, 3.63) is 72.4 Å². The molecule has 0 radical (unpaired) electrons. The van der Waals surface area contributed by atoms with E-state index >= 15 is 0 Å². The van der Waals surface area contributed by atoms with E-state index in [0.29, 0.717) is 5.89 Å². The Kier molecular flexibility index (Phi) is 4.30. The molecule has 0 saturated heterocycles. The minimum absolute atomic E-state index is 0.269. The van der Waals surface area contributed by atoms with E-state index in [4.69, 9.17) is 4.42 Å². The van der Waals surface area contributed by atoms with Gasteiger partial charge in [-0.05, 0) is 37.7 Å². The van der Waals surface area contributed by atoms with Crippen molar-refractivity contribution in [3.8, 4) is 11.5 Å². The van der Waals surface area contributed by atoms with Gasteiger partial charge in [0.2, 0.25) is 5.89 Å². The van der Waals surface area contributed by atoms with Crippen molar-refractivity contribution in [2.24, 2.45) is 0 Å². The van der Waals surface area contributed by atoms with Gasteiger partial charge in [-0.25, -0.2) is 4.98 Å². The molecule has 0 spiro atoms. The average Bonchev–Trinajstić information content (AvgIpc) is 3.04. The van der Waals surface area contributed by atoms with Crippen LogP contribution in [0.2, 0.25) is 0 Å². The van der Waals surface area contributed by atoms with Crippen molar-refractivity contribution in [2.75, 3.05) is 7.05 Å². The molecule has 3 rings (SSSR count). The third-order valence-corrected chi connectivity index (χ3v) is 3.81. The van der Waals surface area contributed by atoms with Crippen LogP contribution in [0.1, 0.15) is 24.2 Å². The molecule has 2 aromatic heterocycles. The first-order chi connectivity index (χ1) is 10.7. The van der Waals surface area contributed by atoms with Crippen LogP contribution in [-0.2, 0) is 6.54 Å². The molecule has 112 valence electrons. The topological polar surface area (TPSA) is 42.2 Å². The second-order valence-electron chi connectivity index (χ2n) is 5.39. The van der Waals surface area contributed by atoms with Gasteiger partial charge in [-0.3, -0.25) is 9.88 Å². The van der Waals surface area contributed by atoms with Crippen LogP contribution in [-0.4, -0.2) is 21.9 Å². The summed E-state index contributed by atoms with van der Waals surface area (Å²) in [5.74, 6) is 0.665. The van der Waals surface area contributed by atoms with E-state index in [1.807, 2.05) is 42.6 Å². The fourth-order valence-corrected chi connectivity index (χ4v) is 2.36. The maximum Gasteiger partial charge on any atom is 0.226 e. The van der Waals surface area contributed by atoms with Gasteiger partial charge in [-0.1, -0.05) is 24.3 Å². The number of aromatic nitrogens is 2. The van der Waals surface area contributed by atoms with Crippen LogP contribution < -0.4 is 0 Å². The lowest BCUT2D eigenvalue weighted by molar-refractivity contribution is 0.249. The minimum atomic E-state index is 0.269. The summed E-state index contributed by atoms with van der Waals surface area (Å²) in [5.41, 5.74) is 3.12. The molecule has 0 aliphatic rings. The molecular weight excluding hydrogens is 274 g/mol. The van der Waals surface area contributed by atoms with Gasteiger partial charge in [0.1, 0.15) is 6.26 Å². The Morgan fingerprint density at radius 2 is 1.95 bits per heavy atom. The fourth-order valence-electron chi connectivity index (χ4n) is 2.36. The summed E-state index contributed by atoms with van der Waals surface area (Å²) in [7, 11) is 2.08. The summed E-state index contributed by atoms with van der Waals surface area (Å²) >= 11 is 0. The molecule has 0 N–H and O–H groups in total. The summed E-state index contributed by atoms with van der Waals surface area (Å²) in [6.07, 6.45) is 5.42. The van der Waals surface area contributed by atoms with Crippen LogP contribution in [0, 0.1) is 0 Å². The van der Waals surface area contributed by atoms with Gasteiger partial charge < -0.3 is 4.42 Å². The summed E-state index contributed by atoms with van der Waals surface area (Å²) < 4.78 is 5.59. The van der Waals surface area contributed by atoms with E-state index in [9.17, 15) is 0 Å². The van der Waals surface area contributed by atoms with Gasteiger partial charge in [0, 0.05) is 30.5 Å². The zero-order valence-corrected chi connectivity index (χ0v) is 12.8. The van der Waals surface area contributed by atoms with Crippen molar-refractivity contribution in [3.63, 3.8) is 0 Å². The molecule has 22 heavy (non-hydrogen) atoms. The van der Waals surface area contributed by atoms with Crippen LogP contribution in [0.5, 0.6) is 0 Å². The highest BCUT2D eigenvalue weighted by Gasteiger charge is 2.14. The van der Waals surface area contributed by atoms with Crippen LogP contribution in [0.4, 0.5) is 0 Å². The van der Waals surface area contributed by atoms with Gasteiger partial charge in [-0.2, -0.15) is 0 Å². The molecule has 0 aliphatic carbocycles. The van der Waals surface area contributed by atoms with Gasteiger partial charge in [0.05, 0.1) is 5.69 Å². The molecule has 1 atom stereocenters. The van der Waals surface area contributed by atoms with Crippen LogP contribution >= 0.6 is 0 Å². The second-order valence-corrected chi connectivity index (χ2v) is 5.39. The minimum Gasteiger partial charge on any atom is -0.444 e. The Morgan fingerprint density at radius 1 is 1.14 bits per heavy atom. The lowest BCUT2D eigenvalue weighted by Gasteiger charge is -2.23. The molecule has 4 nitrogen and oxygen atoms in total. The Hall–Kier alpha value is -2.46. The molecule has 4 heteroatoms. The highest BCUT2D eigenvalue weighted by Crippen LogP contribution is 2.22. The molecule has 0 aliphatic heterocycles. The second kappa shape index (κ2) is 6.54. The number of hydrogen-bond acceptors (Lipinski definition) is 4. The van der Waals surface area contributed by atoms with E-state index in [-0.39, 0.29) is 6.04 Å². The Bertz CT molecular complexity index is 709. The number of benzene rings is 1. The first-order valence-corrected chi connectivity index (χ1v) is 7.34. The van der Waals surface area contributed by atoms with Crippen molar-refractivity contribution in [1.29, 1.82) is 0 Å². The quantitative estimate of drug-likeness (QED) is 0.715. The van der Waals surface area contributed by atoms with E-state index in [1.54, 1.807) is 12.5 Å². The number of rotatable bonds is 5. The zero-order valence-electron chi connectivity index (χ0n) is 12.8. The highest BCUT2D eigenvalue weighted by atomic mass is 16.3. The molecule has 0 unspecified atom stereocenters. The lowest BCUT2D eigenvalue weighted by atomic mass is 10.1. The normalized spacial score (nSPS) is 12.5. The third kappa shape index (κ3) is 3.23. The number of pyridine rings is 1. The Balaban J connectivity index is 1.70. The first-order valence-electron chi connectivity index (χ1n) is 7.34. The Morgan fingerprint density at radius 3 is 2.68 bits per heavy atom. The highest BCUT2D eigenvalue weighted by molar-refractivity contribution is 5.52. The summed E-state index contributed by atoms with van der Waals surface area (Å²) in [4.78, 5) is 11.0. The summed E-state index contributed by atoms with van der Waals surface area (Å²) in [5, 5.41) is 0. The predicted molar refractivity (Wildman–Crippen MR) is 86.1 cm³/mol. The maximum atomic E-state index is 5.59. The fraction of sp³-hybridized carbons (Fsp3) is 0.222. The smallest absolute Gasteiger partial charge is 0.226 e. The number of nitrogens with zero attached hydrogens (tertiary/aromatic N) is 3. The average molecular weight is 293 g/mol. The van der Waals surface area contributed by atoms with Crippen molar-refractivity contribution in [1.82, 2.24) is 14.9 Å². The molecule has 0 saturated carbocycles. The van der Waals surface area contributed by atoms with E-state index < -0.39 is 0 Å².